The summed E-state index contributed by atoms with van der Waals surface area (Å²) in [5.74, 6) is 0. The second kappa shape index (κ2) is 12.9. The van der Waals surface area contributed by atoms with Gasteiger partial charge in [-0.1, -0.05) is 26.7 Å². The quantitative estimate of drug-likeness (QED) is 0.318. The molecule has 0 atom stereocenters. The van der Waals surface area contributed by atoms with Gasteiger partial charge < -0.3 is 5.11 Å². The van der Waals surface area contributed by atoms with Crippen molar-refractivity contribution in [3.05, 3.63) is 0 Å². The topological polar surface area (TPSA) is 57.2 Å². The summed E-state index contributed by atoms with van der Waals surface area (Å²) in [6.45, 7) is 5.44. The molecule has 5 heteroatoms. The highest BCUT2D eigenvalue weighted by Gasteiger charge is 2.05. The Labute approximate surface area is 97.5 Å². The molecule has 0 spiro atoms. The third kappa shape index (κ3) is 11.9. The van der Waals surface area contributed by atoms with Crippen LogP contribution in [0.15, 0.2) is 0 Å². The summed E-state index contributed by atoms with van der Waals surface area (Å²) in [7, 11) is 0. The molecule has 0 aliphatic rings. The second-order valence-electron chi connectivity index (χ2n) is 3.57. The van der Waals surface area contributed by atoms with Crippen molar-refractivity contribution in [2.24, 2.45) is 0 Å². The van der Waals surface area contributed by atoms with E-state index in [1.807, 2.05) is 0 Å². The highest BCUT2D eigenvalue weighted by molar-refractivity contribution is 4.47. The fourth-order valence-corrected chi connectivity index (χ4v) is 0.826. The predicted octanol–water partition coefficient (Wildman–Crippen LogP) is 1.84. The summed E-state index contributed by atoms with van der Waals surface area (Å²) < 4.78 is 0. The van der Waals surface area contributed by atoms with E-state index in [1.165, 1.54) is 0 Å². The smallest absolute Gasteiger partial charge is 0.110 e. The zero-order valence-electron chi connectivity index (χ0n) is 10.3. The Morgan fingerprint density at radius 2 is 1.25 bits per heavy atom. The maximum absolute atomic E-state index is 9.35. The lowest BCUT2D eigenvalue weighted by Crippen LogP contribution is -2.22. The standard InChI is InChI=1S/C11H24O5/c1-3-5-7-13-15-9-11(12)10-16-14-8-6-4-2/h11-12H,3-10H2,1-2H3. The average Bonchev–Trinajstić information content (AvgIpc) is 2.28. The Bertz CT molecular complexity index is 118. The number of hydrogen-bond donors (Lipinski definition) is 1. The van der Waals surface area contributed by atoms with Gasteiger partial charge in [0.05, 0.1) is 13.2 Å². The summed E-state index contributed by atoms with van der Waals surface area (Å²) in [6, 6.07) is 0. The van der Waals surface area contributed by atoms with Crippen LogP contribution in [0.1, 0.15) is 39.5 Å². The van der Waals surface area contributed by atoms with Crippen molar-refractivity contribution in [1.29, 1.82) is 0 Å². The van der Waals surface area contributed by atoms with Gasteiger partial charge in [-0.25, -0.2) is 19.6 Å². The van der Waals surface area contributed by atoms with Crippen LogP contribution in [0, 0.1) is 0 Å². The molecule has 16 heavy (non-hydrogen) atoms. The summed E-state index contributed by atoms with van der Waals surface area (Å²) in [5.41, 5.74) is 0. The molecule has 0 radical (unpaired) electrons. The maximum atomic E-state index is 9.35. The van der Waals surface area contributed by atoms with Crippen LogP contribution in [0.25, 0.3) is 0 Å². The van der Waals surface area contributed by atoms with Gasteiger partial charge in [-0.15, -0.1) is 0 Å². The maximum Gasteiger partial charge on any atom is 0.110 e. The van der Waals surface area contributed by atoms with Crippen LogP contribution < -0.4 is 0 Å². The second-order valence-corrected chi connectivity index (χ2v) is 3.57. The van der Waals surface area contributed by atoms with Gasteiger partial charge in [0.15, 0.2) is 0 Å². The van der Waals surface area contributed by atoms with Gasteiger partial charge >= 0.3 is 0 Å². The predicted molar refractivity (Wildman–Crippen MR) is 59.6 cm³/mol. The molecule has 0 rings (SSSR count). The molecule has 1 N–H and O–H groups in total. The molecule has 0 unspecified atom stereocenters. The van der Waals surface area contributed by atoms with Gasteiger partial charge in [-0.3, -0.25) is 0 Å². The molecule has 5 nitrogen and oxygen atoms in total. The zero-order valence-corrected chi connectivity index (χ0v) is 10.3. The zero-order chi connectivity index (χ0) is 12.1. The highest BCUT2D eigenvalue weighted by Crippen LogP contribution is 1.94. The molecule has 0 fully saturated rings. The molecule has 0 aromatic heterocycles. The van der Waals surface area contributed by atoms with E-state index in [0.717, 1.165) is 25.7 Å². The fraction of sp³-hybridized carbons (Fsp3) is 1.00. The van der Waals surface area contributed by atoms with E-state index >= 15 is 0 Å². The largest absolute Gasteiger partial charge is 0.388 e. The highest BCUT2D eigenvalue weighted by atomic mass is 17.2. The molecule has 0 aromatic carbocycles. The lowest BCUT2D eigenvalue weighted by Gasteiger charge is -2.10. The molecule has 0 aliphatic carbocycles. The monoisotopic (exact) mass is 236 g/mol. The fourth-order valence-electron chi connectivity index (χ4n) is 0.826. The van der Waals surface area contributed by atoms with Crippen molar-refractivity contribution in [2.75, 3.05) is 26.4 Å². The third-order valence-corrected chi connectivity index (χ3v) is 1.85. The Hall–Kier alpha value is -0.200. The first-order chi connectivity index (χ1) is 7.81. The summed E-state index contributed by atoms with van der Waals surface area (Å²) in [6.07, 6.45) is 3.29. The molecular weight excluding hydrogens is 212 g/mol. The number of unbranched alkanes of at least 4 members (excludes halogenated alkanes) is 2. The first-order valence-electron chi connectivity index (χ1n) is 5.98. The Morgan fingerprint density at radius 3 is 1.62 bits per heavy atom. The first-order valence-corrected chi connectivity index (χ1v) is 5.98. The number of aliphatic hydroxyl groups is 1. The molecular formula is C11H24O5. The van der Waals surface area contributed by atoms with Gasteiger partial charge in [-0.05, 0) is 12.8 Å². The van der Waals surface area contributed by atoms with E-state index in [4.69, 9.17) is 19.6 Å². The minimum Gasteiger partial charge on any atom is -0.388 e. The Morgan fingerprint density at radius 1 is 0.812 bits per heavy atom. The summed E-state index contributed by atoms with van der Waals surface area (Å²) in [4.78, 5) is 19.2. The third-order valence-electron chi connectivity index (χ3n) is 1.85. The van der Waals surface area contributed by atoms with E-state index in [-0.39, 0.29) is 13.2 Å². The minimum atomic E-state index is -0.719. The van der Waals surface area contributed by atoms with E-state index in [0.29, 0.717) is 13.2 Å². The van der Waals surface area contributed by atoms with Gasteiger partial charge in [0, 0.05) is 0 Å². The van der Waals surface area contributed by atoms with Crippen molar-refractivity contribution >= 4 is 0 Å². The number of rotatable bonds is 12. The van der Waals surface area contributed by atoms with Crippen LogP contribution in [0.2, 0.25) is 0 Å². The minimum absolute atomic E-state index is 0.0981. The van der Waals surface area contributed by atoms with Crippen molar-refractivity contribution < 1.29 is 24.7 Å². The molecule has 0 saturated carbocycles. The average molecular weight is 236 g/mol. The van der Waals surface area contributed by atoms with Gasteiger partial charge in [0.25, 0.3) is 0 Å². The van der Waals surface area contributed by atoms with E-state index in [1.54, 1.807) is 0 Å². The number of aliphatic hydroxyl groups excluding tert-OH is 1. The van der Waals surface area contributed by atoms with Crippen LogP contribution in [0.4, 0.5) is 0 Å². The SMILES string of the molecule is CCCCOOCC(O)COOCCCC. The summed E-state index contributed by atoms with van der Waals surface area (Å²) in [5, 5.41) is 9.35. The lowest BCUT2D eigenvalue weighted by molar-refractivity contribution is -0.332. The normalized spacial score (nSPS) is 11.2. The van der Waals surface area contributed by atoms with E-state index in [9.17, 15) is 5.11 Å². The van der Waals surface area contributed by atoms with Crippen LogP contribution in [0.5, 0.6) is 0 Å². The van der Waals surface area contributed by atoms with Crippen molar-refractivity contribution in [3.8, 4) is 0 Å². The van der Waals surface area contributed by atoms with Crippen molar-refractivity contribution in [1.82, 2.24) is 0 Å². The van der Waals surface area contributed by atoms with Crippen LogP contribution >= 0.6 is 0 Å². The van der Waals surface area contributed by atoms with E-state index in [2.05, 4.69) is 13.8 Å². The molecule has 0 bridgehead atoms. The van der Waals surface area contributed by atoms with E-state index < -0.39 is 6.10 Å². The van der Waals surface area contributed by atoms with Gasteiger partial charge in [0.1, 0.15) is 19.3 Å². The van der Waals surface area contributed by atoms with Crippen LogP contribution in [-0.4, -0.2) is 37.6 Å². The lowest BCUT2D eigenvalue weighted by atomic mass is 10.4. The molecule has 98 valence electrons. The van der Waals surface area contributed by atoms with Crippen LogP contribution in [-0.2, 0) is 19.6 Å². The van der Waals surface area contributed by atoms with Crippen molar-refractivity contribution in [3.63, 3.8) is 0 Å². The van der Waals surface area contributed by atoms with Gasteiger partial charge in [-0.2, -0.15) is 0 Å². The van der Waals surface area contributed by atoms with Gasteiger partial charge in [0.2, 0.25) is 0 Å². The molecule has 0 heterocycles. The number of hydrogen-bond acceptors (Lipinski definition) is 5. The molecule has 0 amide bonds. The van der Waals surface area contributed by atoms with Crippen LogP contribution in [0.3, 0.4) is 0 Å². The first kappa shape index (κ1) is 15.8. The molecule has 0 saturated heterocycles. The summed E-state index contributed by atoms with van der Waals surface area (Å²) >= 11 is 0. The molecule has 0 aliphatic heterocycles. The Balaban J connectivity index is 3.09. The van der Waals surface area contributed by atoms with Crippen molar-refractivity contribution in [2.45, 2.75) is 45.6 Å². The Kier molecular flexibility index (Phi) is 12.7. The molecule has 0 aromatic rings.